The molecule has 0 aromatic heterocycles. The first-order valence-electron chi connectivity index (χ1n) is 7.74. The summed E-state index contributed by atoms with van der Waals surface area (Å²) in [5, 5.41) is 0. The Balaban J connectivity index is 1.99. The second-order valence-corrected chi connectivity index (χ2v) is 6.40. The van der Waals surface area contributed by atoms with Crippen LogP contribution in [0.1, 0.15) is 35.7 Å². The molecule has 0 saturated heterocycles. The zero-order valence-electron chi connectivity index (χ0n) is 14.0. The Bertz CT molecular complexity index is 698. The molecule has 2 aromatic carbocycles. The van der Waals surface area contributed by atoms with Crippen LogP contribution in [0.25, 0.3) is 0 Å². The summed E-state index contributed by atoms with van der Waals surface area (Å²) in [5.41, 5.74) is 1.69. The first-order chi connectivity index (χ1) is 11.6. The summed E-state index contributed by atoms with van der Waals surface area (Å²) in [5.74, 6) is 2.34. The SMILES string of the molecule is COc1cc(C=O)cc(Br)c1OCCOc1ccccc1C(C)C. The molecule has 2 rings (SSSR count). The topological polar surface area (TPSA) is 44.8 Å². The van der Waals surface area contributed by atoms with Crippen LogP contribution in [0.2, 0.25) is 0 Å². The Kier molecular flexibility index (Phi) is 6.67. The van der Waals surface area contributed by atoms with Crippen LogP contribution >= 0.6 is 15.9 Å². The van der Waals surface area contributed by atoms with E-state index in [-0.39, 0.29) is 0 Å². The molecule has 0 spiro atoms. The van der Waals surface area contributed by atoms with E-state index < -0.39 is 0 Å². The van der Waals surface area contributed by atoms with E-state index >= 15 is 0 Å². The molecule has 0 aliphatic rings. The van der Waals surface area contributed by atoms with Crippen LogP contribution in [0.15, 0.2) is 40.9 Å². The highest BCUT2D eigenvalue weighted by atomic mass is 79.9. The Labute approximate surface area is 150 Å². The maximum atomic E-state index is 10.9. The number of ether oxygens (including phenoxy) is 3. The van der Waals surface area contributed by atoms with Crippen molar-refractivity contribution in [2.75, 3.05) is 20.3 Å². The first kappa shape index (κ1) is 18.3. The molecule has 0 aliphatic heterocycles. The van der Waals surface area contributed by atoms with E-state index in [1.165, 1.54) is 5.56 Å². The van der Waals surface area contributed by atoms with Crippen molar-refractivity contribution < 1.29 is 19.0 Å². The molecule has 24 heavy (non-hydrogen) atoms. The van der Waals surface area contributed by atoms with Gasteiger partial charge in [-0.25, -0.2) is 0 Å². The van der Waals surface area contributed by atoms with Crippen LogP contribution in [0, 0.1) is 0 Å². The molecule has 128 valence electrons. The summed E-state index contributed by atoms with van der Waals surface area (Å²) in [7, 11) is 1.54. The van der Waals surface area contributed by atoms with Crippen molar-refractivity contribution in [3.05, 3.63) is 52.0 Å². The minimum absolute atomic E-state index is 0.363. The summed E-state index contributed by atoms with van der Waals surface area (Å²) in [6.07, 6.45) is 0.767. The summed E-state index contributed by atoms with van der Waals surface area (Å²) in [6, 6.07) is 11.3. The number of methoxy groups -OCH3 is 1. The van der Waals surface area contributed by atoms with Crippen molar-refractivity contribution in [1.82, 2.24) is 0 Å². The van der Waals surface area contributed by atoms with E-state index in [1.54, 1.807) is 19.2 Å². The van der Waals surface area contributed by atoms with Crippen LogP contribution in [0.4, 0.5) is 0 Å². The van der Waals surface area contributed by atoms with Gasteiger partial charge < -0.3 is 14.2 Å². The molecule has 0 fully saturated rings. The molecule has 0 atom stereocenters. The van der Waals surface area contributed by atoms with E-state index in [4.69, 9.17) is 14.2 Å². The first-order valence-corrected chi connectivity index (χ1v) is 8.53. The standard InChI is InChI=1S/C19H21BrO4/c1-13(2)15-6-4-5-7-17(15)23-8-9-24-19-16(20)10-14(12-21)11-18(19)22-3/h4-7,10-13H,8-9H2,1-3H3. The molecule has 0 amide bonds. The summed E-state index contributed by atoms with van der Waals surface area (Å²) >= 11 is 3.40. The lowest BCUT2D eigenvalue weighted by Gasteiger charge is -2.16. The third-order valence-electron chi connectivity index (χ3n) is 3.52. The fourth-order valence-corrected chi connectivity index (χ4v) is 2.91. The van der Waals surface area contributed by atoms with Crippen molar-refractivity contribution in [2.45, 2.75) is 19.8 Å². The number of para-hydroxylation sites is 1. The fourth-order valence-electron chi connectivity index (χ4n) is 2.33. The van der Waals surface area contributed by atoms with E-state index in [1.807, 2.05) is 18.2 Å². The van der Waals surface area contributed by atoms with Crippen molar-refractivity contribution in [3.8, 4) is 17.2 Å². The van der Waals surface area contributed by atoms with Gasteiger partial charge in [-0.05, 0) is 45.6 Å². The largest absolute Gasteiger partial charge is 0.493 e. The quantitative estimate of drug-likeness (QED) is 0.475. The predicted octanol–water partition coefficient (Wildman–Crippen LogP) is 4.85. The molecule has 0 unspecified atom stereocenters. The predicted molar refractivity (Wildman–Crippen MR) is 97.6 cm³/mol. The molecule has 5 heteroatoms. The van der Waals surface area contributed by atoms with Gasteiger partial charge in [0, 0.05) is 5.56 Å². The third kappa shape index (κ3) is 4.51. The molecule has 0 bridgehead atoms. The average molecular weight is 393 g/mol. The normalized spacial score (nSPS) is 10.5. The van der Waals surface area contributed by atoms with Crippen LogP contribution in [-0.4, -0.2) is 26.6 Å². The van der Waals surface area contributed by atoms with Crippen LogP contribution in [-0.2, 0) is 0 Å². The molecule has 0 saturated carbocycles. The molecular formula is C19H21BrO4. The number of aldehydes is 1. The number of carbonyl (C=O) groups is 1. The molecule has 0 aliphatic carbocycles. The third-order valence-corrected chi connectivity index (χ3v) is 4.11. The van der Waals surface area contributed by atoms with Gasteiger partial charge in [0.05, 0.1) is 11.6 Å². The lowest BCUT2D eigenvalue weighted by molar-refractivity contribution is 0.112. The van der Waals surface area contributed by atoms with E-state index in [0.717, 1.165) is 12.0 Å². The minimum Gasteiger partial charge on any atom is -0.493 e. The van der Waals surface area contributed by atoms with Gasteiger partial charge in [0.2, 0.25) is 0 Å². The van der Waals surface area contributed by atoms with E-state index in [2.05, 4.69) is 35.8 Å². The van der Waals surface area contributed by atoms with Crippen molar-refractivity contribution in [1.29, 1.82) is 0 Å². The number of carbonyl (C=O) groups excluding carboxylic acids is 1. The molecule has 0 radical (unpaired) electrons. The number of hydrogen-bond acceptors (Lipinski definition) is 4. The van der Waals surface area contributed by atoms with Gasteiger partial charge in [-0.3, -0.25) is 4.79 Å². The van der Waals surface area contributed by atoms with Crippen LogP contribution < -0.4 is 14.2 Å². The van der Waals surface area contributed by atoms with E-state index in [0.29, 0.717) is 40.7 Å². The number of rotatable bonds is 8. The van der Waals surface area contributed by atoms with Crippen molar-refractivity contribution >= 4 is 22.2 Å². The Morgan fingerprint density at radius 2 is 1.79 bits per heavy atom. The lowest BCUT2D eigenvalue weighted by Crippen LogP contribution is -2.11. The zero-order chi connectivity index (χ0) is 17.5. The molecule has 0 N–H and O–H groups in total. The summed E-state index contributed by atoms with van der Waals surface area (Å²) in [6.45, 7) is 5.04. The maximum absolute atomic E-state index is 10.9. The number of halogens is 1. The van der Waals surface area contributed by atoms with Crippen molar-refractivity contribution in [2.24, 2.45) is 0 Å². The minimum atomic E-state index is 0.363. The Morgan fingerprint density at radius 3 is 2.46 bits per heavy atom. The number of benzene rings is 2. The second-order valence-electron chi connectivity index (χ2n) is 5.54. The molecular weight excluding hydrogens is 372 g/mol. The van der Waals surface area contributed by atoms with Gasteiger partial charge in [0.1, 0.15) is 25.2 Å². The highest BCUT2D eigenvalue weighted by Gasteiger charge is 2.12. The lowest BCUT2D eigenvalue weighted by atomic mass is 10.0. The Hall–Kier alpha value is -2.01. The maximum Gasteiger partial charge on any atom is 0.175 e. The highest BCUT2D eigenvalue weighted by molar-refractivity contribution is 9.10. The van der Waals surface area contributed by atoms with Gasteiger partial charge in [-0.1, -0.05) is 32.0 Å². The zero-order valence-corrected chi connectivity index (χ0v) is 15.6. The van der Waals surface area contributed by atoms with Gasteiger partial charge in [0.15, 0.2) is 11.5 Å². The van der Waals surface area contributed by atoms with Crippen LogP contribution in [0.5, 0.6) is 17.2 Å². The average Bonchev–Trinajstić information content (AvgIpc) is 2.59. The van der Waals surface area contributed by atoms with Crippen LogP contribution in [0.3, 0.4) is 0 Å². The molecule has 0 heterocycles. The second kappa shape index (κ2) is 8.73. The van der Waals surface area contributed by atoms with Crippen molar-refractivity contribution in [3.63, 3.8) is 0 Å². The van der Waals surface area contributed by atoms with Gasteiger partial charge in [-0.2, -0.15) is 0 Å². The summed E-state index contributed by atoms with van der Waals surface area (Å²) < 4.78 is 17.6. The smallest absolute Gasteiger partial charge is 0.175 e. The fraction of sp³-hybridized carbons (Fsp3) is 0.316. The van der Waals surface area contributed by atoms with Gasteiger partial charge >= 0.3 is 0 Å². The van der Waals surface area contributed by atoms with E-state index in [9.17, 15) is 4.79 Å². The van der Waals surface area contributed by atoms with Gasteiger partial charge in [0.25, 0.3) is 0 Å². The summed E-state index contributed by atoms with van der Waals surface area (Å²) in [4.78, 5) is 10.9. The highest BCUT2D eigenvalue weighted by Crippen LogP contribution is 2.36. The monoisotopic (exact) mass is 392 g/mol. The van der Waals surface area contributed by atoms with Gasteiger partial charge in [-0.15, -0.1) is 0 Å². The molecule has 4 nitrogen and oxygen atoms in total. The number of hydrogen-bond donors (Lipinski definition) is 0. The Morgan fingerprint density at radius 1 is 1.08 bits per heavy atom. The molecule has 2 aromatic rings.